The molecule has 0 saturated heterocycles. The predicted molar refractivity (Wildman–Crippen MR) is 110 cm³/mol. The SMILES string of the molecule is C=C(/C=C(C)/C(C)=C/C(O)=C(\C=NCCC)C(=O)O)c1cccc(OC)c1. The van der Waals surface area contributed by atoms with Gasteiger partial charge in [-0.15, -0.1) is 0 Å². The molecule has 0 amide bonds. The molecule has 0 bridgehead atoms. The van der Waals surface area contributed by atoms with Crippen LogP contribution in [0.3, 0.4) is 0 Å². The zero-order valence-electron chi connectivity index (χ0n) is 16.3. The summed E-state index contributed by atoms with van der Waals surface area (Å²) in [5.74, 6) is -0.816. The highest BCUT2D eigenvalue weighted by Gasteiger charge is 2.11. The monoisotopic (exact) mass is 369 g/mol. The van der Waals surface area contributed by atoms with E-state index in [1.807, 2.05) is 44.2 Å². The summed E-state index contributed by atoms with van der Waals surface area (Å²) < 4.78 is 5.22. The van der Waals surface area contributed by atoms with Crippen molar-refractivity contribution in [2.75, 3.05) is 13.7 Å². The standard InChI is InChI=1S/C22H27NO4/c1-6-10-23-14-20(22(25)26)21(24)12-16(3)15(2)11-17(4)18-8-7-9-19(13-18)27-5/h7-9,11-14,24H,4,6,10H2,1-3,5H3,(H,25,26)/b15-11+,16-12+,21-20-,23-14?. The normalized spacial score (nSPS) is 13.5. The van der Waals surface area contributed by atoms with Crippen molar-refractivity contribution in [3.8, 4) is 5.75 Å². The van der Waals surface area contributed by atoms with Gasteiger partial charge >= 0.3 is 5.97 Å². The molecule has 0 aromatic heterocycles. The van der Waals surface area contributed by atoms with Gasteiger partial charge in [-0.2, -0.15) is 0 Å². The van der Waals surface area contributed by atoms with Crippen LogP contribution in [-0.4, -0.2) is 36.1 Å². The Morgan fingerprint density at radius 3 is 2.48 bits per heavy atom. The maximum atomic E-state index is 11.3. The topological polar surface area (TPSA) is 79.1 Å². The van der Waals surface area contributed by atoms with Gasteiger partial charge in [0.2, 0.25) is 0 Å². The molecule has 1 rings (SSSR count). The van der Waals surface area contributed by atoms with Gasteiger partial charge in [0.1, 0.15) is 17.1 Å². The van der Waals surface area contributed by atoms with E-state index in [1.165, 1.54) is 12.3 Å². The van der Waals surface area contributed by atoms with Gasteiger partial charge in [-0.3, -0.25) is 4.99 Å². The molecule has 0 aliphatic carbocycles. The van der Waals surface area contributed by atoms with Gasteiger partial charge in [-0.1, -0.05) is 31.7 Å². The van der Waals surface area contributed by atoms with Crippen LogP contribution in [0.25, 0.3) is 5.57 Å². The lowest BCUT2D eigenvalue weighted by Gasteiger charge is -2.07. The third kappa shape index (κ3) is 6.98. The van der Waals surface area contributed by atoms with E-state index in [0.717, 1.165) is 34.5 Å². The highest BCUT2D eigenvalue weighted by atomic mass is 16.5. The van der Waals surface area contributed by atoms with Gasteiger partial charge in [0.05, 0.1) is 7.11 Å². The first-order chi connectivity index (χ1) is 12.8. The third-order valence-corrected chi connectivity index (χ3v) is 3.89. The van der Waals surface area contributed by atoms with E-state index < -0.39 is 5.97 Å². The number of aliphatic hydroxyl groups is 1. The number of ether oxygens (including phenoxy) is 1. The van der Waals surface area contributed by atoms with Crippen molar-refractivity contribution in [2.45, 2.75) is 27.2 Å². The number of rotatable bonds is 9. The minimum atomic E-state index is -1.22. The molecule has 1 aromatic carbocycles. The molecule has 27 heavy (non-hydrogen) atoms. The summed E-state index contributed by atoms with van der Waals surface area (Å²) in [4.78, 5) is 15.3. The van der Waals surface area contributed by atoms with Crippen LogP contribution in [0.15, 0.2) is 70.5 Å². The lowest BCUT2D eigenvalue weighted by Crippen LogP contribution is -2.06. The number of nitrogens with zero attached hydrogens (tertiary/aromatic N) is 1. The van der Waals surface area contributed by atoms with E-state index >= 15 is 0 Å². The molecule has 0 heterocycles. The van der Waals surface area contributed by atoms with Crippen LogP contribution in [0, 0.1) is 0 Å². The Bertz CT molecular complexity index is 813. The fourth-order valence-corrected chi connectivity index (χ4v) is 2.19. The molecule has 144 valence electrons. The summed E-state index contributed by atoms with van der Waals surface area (Å²) >= 11 is 0. The first-order valence-electron chi connectivity index (χ1n) is 8.66. The minimum Gasteiger partial charge on any atom is -0.507 e. The van der Waals surface area contributed by atoms with Gasteiger partial charge in [-0.25, -0.2) is 4.79 Å². The Balaban J connectivity index is 3.11. The molecular formula is C22H27NO4. The number of methoxy groups -OCH3 is 1. The van der Waals surface area contributed by atoms with Crippen molar-refractivity contribution < 1.29 is 19.7 Å². The molecule has 0 unspecified atom stereocenters. The van der Waals surface area contributed by atoms with E-state index in [9.17, 15) is 15.0 Å². The Morgan fingerprint density at radius 2 is 1.89 bits per heavy atom. The van der Waals surface area contributed by atoms with Crippen molar-refractivity contribution in [3.05, 3.63) is 71.0 Å². The zero-order chi connectivity index (χ0) is 20.4. The van der Waals surface area contributed by atoms with Gasteiger partial charge < -0.3 is 14.9 Å². The number of aliphatic carboxylic acids is 1. The van der Waals surface area contributed by atoms with Crippen molar-refractivity contribution in [1.82, 2.24) is 0 Å². The Morgan fingerprint density at radius 1 is 1.22 bits per heavy atom. The fraction of sp³-hybridized carbons (Fsp3) is 0.273. The summed E-state index contributed by atoms with van der Waals surface area (Å²) in [5, 5.41) is 19.4. The van der Waals surface area contributed by atoms with Crippen LogP contribution in [0.2, 0.25) is 0 Å². The van der Waals surface area contributed by atoms with Gasteiger partial charge in [0.15, 0.2) is 0 Å². The maximum Gasteiger partial charge on any atom is 0.341 e. The number of carboxylic acids is 1. The molecule has 0 saturated carbocycles. The fourth-order valence-electron chi connectivity index (χ4n) is 2.19. The average Bonchev–Trinajstić information content (AvgIpc) is 2.64. The highest BCUT2D eigenvalue weighted by molar-refractivity contribution is 6.09. The largest absolute Gasteiger partial charge is 0.507 e. The molecule has 0 aliphatic rings. The zero-order valence-corrected chi connectivity index (χ0v) is 16.3. The Hall–Kier alpha value is -3.08. The van der Waals surface area contributed by atoms with Gasteiger partial charge in [0, 0.05) is 12.8 Å². The molecule has 5 nitrogen and oxygen atoms in total. The van der Waals surface area contributed by atoms with Crippen LogP contribution in [0.4, 0.5) is 0 Å². The van der Waals surface area contributed by atoms with Crippen LogP contribution in [-0.2, 0) is 4.79 Å². The molecule has 0 spiro atoms. The van der Waals surface area contributed by atoms with Gasteiger partial charge in [0.25, 0.3) is 0 Å². The minimum absolute atomic E-state index is 0.234. The molecule has 0 atom stereocenters. The van der Waals surface area contributed by atoms with E-state index in [1.54, 1.807) is 14.0 Å². The van der Waals surface area contributed by atoms with E-state index in [-0.39, 0.29) is 11.3 Å². The summed E-state index contributed by atoms with van der Waals surface area (Å²) in [6, 6.07) is 7.55. The molecule has 0 aliphatic heterocycles. The Kier molecular flexibility index (Phi) is 8.79. The smallest absolute Gasteiger partial charge is 0.341 e. The summed E-state index contributed by atoms with van der Waals surface area (Å²) in [6.07, 6.45) is 5.29. The number of benzene rings is 1. The second kappa shape index (κ2) is 10.8. The summed E-state index contributed by atoms with van der Waals surface area (Å²) in [7, 11) is 1.61. The molecular weight excluding hydrogens is 342 g/mol. The van der Waals surface area contributed by atoms with E-state index in [0.29, 0.717) is 6.54 Å². The molecule has 5 heteroatoms. The van der Waals surface area contributed by atoms with Crippen molar-refractivity contribution in [1.29, 1.82) is 0 Å². The second-order valence-corrected chi connectivity index (χ2v) is 6.05. The predicted octanol–water partition coefficient (Wildman–Crippen LogP) is 4.98. The third-order valence-electron chi connectivity index (χ3n) is 3.89. The van der Waals surface area contributed by atoms with E-state index in [4.69, 9.17) is 4.74 Å². The van der Waals surface area contributed by atoms with Crippen LogP contribution >= 0.6 is 0 Å². The van der Waals surface area contributed by atoms with Crippen molar-refractivity contribution >= 4 is 17.8 Å². The number of hydrogen-bond acceptors (Lipinski definition) is 4. The number of aliphatic hydroxyl groups excluding tert-OH is 1. The number of hydrogen-bond donors (Lipinski definition) is 2. The highest BCUT2D eigenvalue weighted by Crippen LogP contribution is 2.23. The molecule has 0 radical (unpaired) electrons. The maximum absolute atomic E-state index is 11.3. The second-order valence-electron chi connectivity index (χ2n) is 6.05. The number of carboxylic acid groups (broad SMARTS) is 1. The number of carbonyl (C=O) groups is 1. The average molecular weight is 369 g/mol. The lowest BCUT2D eigenvalue weighted by molar-refractivity contribution is -0.132. The summed E-state index contributed by atoms with van der Waals surface area (Å²) in [6.45, 7) is 10.2. The van der Waals surface area contributed by atoms with E-state index in [2.05, 4.69) is 11.6 Å². The first kappa shape index (κ1) is 22.0. The lowest BCUT2D eigenvalue weighted by atomic mass is 10.0. The van der Waals surface area contributed by atoms with Crippen LogP contribution < -0.4 is 4.74 Å². The number of aliphatic imine (C=N–C) groups is 1. The quantitative estimate of drug-likeness (QED) is 0.278. The molecule has 0 fully saturated rings. The van der Waals surface area contributed by atoms with Gasteiger partial charge in [-0.05, 0) is 60.8 Å². The van der Waals surface area contributed by atoms with Crippen molar-refractivity contribution in [2.24, 2.45) is 4.99 Å². The molecule has 2 N–H and O–H groups in total. The van der Waals surface area contributed by atoms with Crippen molar-refractivity contribution in [3.63, 3.8) is 0 Å². The van der Waals surface area contributed by atoms with Crippen LogP contribution in [0.5, 0.6) is 5.75 Å². The molecule has 1 aromatic rings. The summed E-state index contributed by atoms with van der Waals surface area (Å²) in [5.41, 5.74) is 3.04. The number of allylic oxidation sites excluding steroid dienone is 5. The van der Waals surface area contributed by atoms with Crippen LogP contribution in [0.1, 0.15) is 32.8 Å². The first-order valence-corrected chi connectivity index (χ1v) is 8.66. The Labute approximate surface area is 160 Å².